The van der Waals surface area contributed by atoms with E-state index in [0.29, 0.717) is 0 Å². The zero-order valence-electron chi connectivity index (χ0n) is 17.8. The molecule has 0 fully saturated rings. The summed E-state index contributed by atoms with van der Waals surface area (Å²) in [5.74, 6) is 0.914. The van der Waals surface area contributed by atoms with E-state index in [2.05, 4.69) is 88.5 Å². The summed E-state index contributed by atoms with van der Waals surface area (Å²) in [6.07, 6.45) is 9.92. The molecule has 0 aliphatic carbocycles. The van der Waals surface area contributed by atoms with Crippen LogP contribution in [0.2, 0.25) is 0 Å². The number of hydrogen-bond donors (Lipinski definition) is 1. The summed E-state index contributed by atoms with van der Waals surface area (Å²) in [5, 5.41) is 5.72. The number of aryl methyl sites for hydroxylation is 1. The molecule has 0 amide bonds. The molecule has 0 bridgehead atoms. The van der Waals surface area contributed by atoms with Gasteiger partial charge in [-0.15, -0.1) is 0 Å². The van der Waals surface area contributed by atoms with Crippen LogP contribution in [0.3, 0.4) is 0 Å². The number of fused-ring (bicyclic) bond motifs is 3. The van der Waals surface area contributed by atoms with Crippen LogP contribution in [-0.2, 0) is 0 Å². The lowest BCUT2D eigenvalue weighted by Gasteiger charge is -2.14. The van der Waals surface area contributed by atoms with Crippen LogP contribution in [0.5, 0.6) is 0 Å². The second kappa shape index (κ2) is 7.50. The molecular formula is C28H22N4. The molecule has 4 heteroatoms. The maximum atomic E-state index is 5.15. The SMILES string of the molecule is Cc1ccc2c(c1)c1ccccc1n2-c1cc(-c2ccncc2)cc(C2=CCNC=C2)n1. The van der Waals surface area contributed by atoms with E-state index in [4.69, 9.17) is 4.98 Å². The van der Waals surface area contributed by atoms with Crippen LogP contribution >= 0.6 is 0 Å². The van der Waals surface area contributed by atoms with Gasteiger partial charge < -0.3 is 5.32 Å². The topological polar surface area (TPSA) is 42.7 Å². The number of pyridine rings is 2. The van der Waals surface area contributed by atoms with Crippen molar-refractivity contribution < 1.29 is 0 Å². The van der Waals surface area contributed by atoms with E-state index in [0.717, 1.165) is 45.8 Å². The second-order valence-corrected chi connectivity index (χ2v) is 8.11. The summed E-state index contributed by atoms with van der Waals surface area (Å²) in [6.45, 7) is 2.94. The third-order valence-corrected chi connectivity index (χ3v) is 6.00. The van der Waals surface area contributed by atoms with Crippen molar-refractivity contribution in [3.05, 3.63) is 109 Å². The van der Waals surface area contributed by atoms with Crippen molar-refractivity contribution in [2.45, 2.75) is 6.92 Å². The molecule has 0 spiro atoms. The predicted octanol–water partition coefficient (Wildman–Crippen LogP) is 6.05. The maximum Gasteiger partial charge on any atom is 0.138 e. The molecule has 32 heavy (non-hydrogen) atoms. The Bertz CT molecular complexity index is 1520. The predicted molar refractivity (Wildman–Crippen MR) is 132 cm³/mol. The number of nitrogens with zero attached hydrogens (tertiary/aromatic N) is 3. The van der Waals surface area contributed by atoms with Gasteiger partial charge in [-0.2, -0.15) is 0 Å². The number of para-hydroxylation sites is 1. The summed E-state index contributed by atoms with van der Waals surface area (Å²) in [7, 11) is 0. The number of aromatic nitrogens is 3. The average Bonchev–Trinajstić information content (AvgIpc) is 3.18. The minimum absolute atomic E-state index is 0.803. The highest BCUT2D eigenvalue weighted by Gasteiger charge is 2.16. The largest absolute Gasteiger partial charge is 0.387 e. The van der Waals surface area contributed by atoms with E-state index < -0.39 is 0 Å². The maximum absolute atomic E-state index is 5.15. The molecular weight excluding hydrogens is 392 g/mol. The fraction of sp³-hybridized carbons (Fsp3) is 0.0714. The van der Waals surface area contributed by atoms with Crippen LogP contribution in [0.1, 0.15) is 11.3 Å². The van der Waals surface area contributed by atoms with Gasteiger partial charge in [0.2, 0.25) is 0 Å². The Morgan fingerprint density at radius 1 is 0.844 bits per heavy atom. The van der Waals surface area contributed by atoms with Crippen molar-refractivity contribution in [1.29, 1.82) is 0 Å². The first-order valence-corrected chi connectivity index (χ1v) is 10.8. The lowest BCUT2D eigenvalue weighted by Crippen LogP contribution is -2.09. The summed E-state index contributed by atoms with van der Waals surface area (Å²) in [5.41, 5.74) is 7.91. The van der Waals surface area contributed by atoms with E-state index in [1.807, 2.05) is 30.7 Å². The summed E-state index contributed by atoms with van der Waals surface area (Å²) in [4.78, 5) is 9.34. The summed E-state index contributed by atoms with van der Waals surface area (Å²) < 4.78 is 2.28. The molecule has 4 nitrogen and oxygen atoms in total. The minimum atomic E-state index is 0.803. The van der Waals surface area contributed by atoms with Crippen molar-refractivity contribution in [3.8, 4) is 16.9 Å². The molecule has 3 aromatic heterocycles. The smallest absolute Gasteiger partial charge is 0.138 e. The van der Waals surface area contributed by atoms with Gasteiger partial charge in [-0.3, -0.25) is 9.55 Å². The van der Waals surface area contributed by atoms with Gasteiger partial charge in [-0.1, -0.05) is 35.9 Å². The molecule has 0 saturated carbocycles. The normalized spacial score (nSPS) is 13.3. The van der Waals surface area contributed by atoms with E-state index >= 15 is 0 Å². The van der Waals surface area contributed by atoms with E-state index in [-0.39, 0.29) is 0 Å². The Morgan fingerprint density at radius 3 is 2.53 bits per heavy atom. The van der Waals surface area contributed by atoms with Crippen LogP contribution in [0.25, 0.3) is 44.3 Å². The van der Waals surface area contributed by atoms with E-state index in [1.54, 1.807) is 0 Å². The zero-order chi connectivity index (χ0) is 21.5. The number of rotatable bonds is 3. The molecule has 5 aromatic rings. The Labute approximate surface area is 186 Å². The zero-order valence-corrected chi connectivity index (χ0v) is 17.8. The van der Waals surface area contributed by atoms with Gasteiger partial charge in [0.1, 0.15) is 5.82 Å². The van der Waals surface area contributed by atoms with Gasteiger partial charge in [-0.05, 0) is 78.4 Å². The monoisotopic (exact) mass is 414 g/mol. The fourth-order valence-electron chi connectivity index (χ4n) is 4.47. The highest BCUT2D eigenvalue weighted by atomic mass is 15.1. The van der Waals surface area contributed by atoms with Crippen molar-refractivity contribution in [2.75, 3.05) is 6.54 Å². The average molecular weight is 415 g/mol. The first kappa shape index (κ1) is 18.6. The molecule has 1 aliphatic heterocycles. The van der Waals surface area contributed by atoms with Crippen LogP contribution in [0, 0.1) is 6.92 Å². The Hall–Kier alpha value is -4.18. The number of allylic oxidation sites excluding steroid dienone is 2. The second-order valence-electron chi connectivity index (χ2n) is 8.11. The highest BCUT2D eigenvalue weighted by molar-refractivity contribution is 6.09. The number of hydrogen-bond acceptors (Lipinski definition) is 3. The van der Waals surface area contributed by atoms with E-state index in [9.17, 15) is 0 Å². The Balaban J connectivity index is 1.67. The van der Waals surface area contributed by atoms with Crippen molar-refractivity contribution in [3.63, 3.8) is 0 Å². The minimum Gasteiger partial charge on any atom is -0.387 e. The lowest BCUT2D eigenvalue weighted by molar-refractivity contribution is 0.972. The standard InChI is InChI=1S/C28H22N4/c1-19-6-7-27-24(16-19)23-4-2-3-5-26(23)32(27)28-18-22(20-8-12-29-13-9-20)17-25(31-28)21-10-14-30-15-11-21/h2-14,16-18,30H,15H2,1H3. The van der Waals surface area contributed by atoms with Crippen LogP contribution in [0.4, 0.5) is 0 Å². The van der Waals surface area contributed by atoms with Gasteiger partial charge in [-0.25, -0.2) is 4.98 Å². The van der Waals surface area contributed by atoms with Gasteiger partial charge in [0.25, 0.3) is 0 Å². The molecule has 0 atom stereocenters. The van der Waals surface area contributed by atoms with Gasteiger partial charge in [0, 0.05) is 29.7 Å². The van der Waals surface area contributed by atoms with Gasteiger partial charge in [0.15, 0.2) is 0 Å². The number of dihydropyridines is 1. The number of benzene rings is 2. The summed E-state index contributed by atoms with van der Waals surface area (Å²) in [6, 6.07) is 23.6. The molecule has 154 valence electrons. The van der Waals surface area contributed by atoms with Crippen LogP contribution < -0.4 is 5.32 Å². The fourth-order valence-corrected chi connectivity index (χ4v) is 4.47. The first-order chi connectivity index (χ1) is 15.8. The van der Waals surface area contributed by atoms with Crippen LogP contribution in [-0.4, -0.2) is 21.1 Å². The Morgan fingerprint density at radius 2 is 1.69 bits per heavy atom. The van der Waals surface area contributed by atoms with Gasteiger partial charge >= 0.3 is 0 Å². The van der Waals surface area contributed by atoms with Crippen LogP contribution in [0.15, 0.2) is 97.5 Å². The molecule has 0 saturated heterocycles. The third-order valence-electron chi connectivity index (χ3n) is 6.00. The molecule has 1 N–H and O–H groups in total. The number of nitrogens with one attached hydrogen (secondary N) is 1. The first-order valence-electron chi connectivity index (χ1n) is 10.8. The highest BCUT2D eigenvalue weighted by Crippen LogP contribution is 2.34. The molecule has 0 unspecified atom stereocenters. The van der Waals surface area contributed by atoms with E-state index in [1.165, 1.54) is 16.3 Å². The van der Waals surface area contributed by atoms with Crippen molar-refractivity contribution >= 4 is 27.4 Å². The Kier molecular flexibility index (Phi) is 4.36. The quantitative estimate of drug-likeness (QED) is 0.391. The summed E-state index contributed by atoms with van der Waals surface area (Å²) >= 11 is 0. The lowest BCUT2D eigenvalue weighted by atomic mass is 10.0. The molecule has 1 aliphatic rings. The third kappa shape index (κ3) is 3.08. The van der Waals surface area contributed by atoms with Crippen molar-refractivity contribution in [1.82, 2.24) is 19.9 Å². The molecule has 2 aromatic carbocycles. The molecule has 6 rings (SSSR count). The van der Waals surface area contributed by atoms with Crippen molar-refractivity contribution in [2.24, 2.45) is 0 Å². The molecule has 0 radical (unpaired) electrons. The molecule has 4 heterocycles. The van der Waals surface area contributed by atoms with Gasteiger partial charge in [0.05, 0.1) is 16.7 Å².